The van der Waals surface area contributed by atoms with Crippen LogP contribution in [-0.2, 0) is 6.18 Å². The lowest BCUT2D eigenvalue weighted by atomic mass is 10.1. The molecule has 1 saturated heterocycles. The molecule has 5 rings (SSSR count). The summed E-state index contributed by atoms with van der Waals surface area (Å²) in [5.41, 5.74) is 0.0445. The van der Waals surface area contributed by atoms with Gasteiger partial charge in [-0.05, 0) is 24.6 Å². The van der Waals surface area contributed by atoms with Gasteiger partial charge in [0, 0.05) is 18.7 Å². The number of amides is 2. The van der Waals surface area contributed by atoms with E-state index in [1.165, 1.54) is 29.4 Å². The summed E-state index contributed by atoms with van der Waals surface area (Å²) in [5.74, 6) is 0.359. The highest BCUT2D eigenvalue weighted by Crippen LogP contribution is 2.43. The number of carbonyl (C=O) groups is 1. The smallest absolute Gasteiger partial charge is 0.416 e. The molecule has 38 heavy (non-hydrogen) atoms. The topological polar surface area (TPSA) is 124 Å². The molecule has 0 radical (unpaired) electrons. The maximum absolute atomic E-state index is 13.5. The molecule has 10 nitrogen and oxygen atoms in total. The Morgan fingerprint density at radius 2 is 2.08 bits per heavy atom. The molecule has 0 aliphatic carbocycles. The van der Waals surface area contributed by atoms with Crippen LogP contribution in [0.2, 0.25) is 5.02 Å². The molecule has 1 aromatic carbocycles. The van der Waals surface area contributed by atoms with E-state index in [4.69, 9.17) is 21.4 Å². The van der Waals surface area contributed by atoms with E-state index in [1.54, 1.807) is 6.07 Å². The number of urea groups is 1. The van der Waals surface area contributed by atoms with Crippen molar-refractivity contribution in [3.05, 3.63) is 53.3 Å². The highest BCUT2D eigenvalue weighted by molar-refractivity contribution is 6.33. The van der Waals surface area contributed by atoms with Gasteiger partial charge >= 0.3 is 12.2 Å². The normalized spacial score (nSPS) is 17.3. The number of benzene rings is 1. The number of hydrogen-bond donors (Lipinski definition) is 3. The van der Waals surface area contributed by atoms with Crippen molar-refractivity contribution >= 4 is 35.0 Å². The lowest BCUT2D eigenvalue weighted by Gasteiger charge is -2.36. The number of ether oxygens (including phenoxy) is 1. The second-order valence-corrected chi connectivity index (χ2v) is 9.23. The molecule has 0 spiro atoms. The van der Waals surface area contributed by atoms with Gasteiger partial charge in [0.25, 0.3) is 0 Å². The molecule has 4 heterocycles. The summed E-state index contributed by atoms with van der Waals surface area (Å²) in [7, 11) is 0. The Hall–Kier alpha value is -3.68. The van der Waals surface area contributed by atoms with Crippen molar-refractivity contribution < 1.29 is 32.9 Å². The van der Waals surface area contributed by atoms with E-state index in [-0.39, 0.29) is 46.4 Å². The molecule has 2 amide bonds. The van der Waals surface area contributed by atoms with Crippen molar-refractivity contribution in [1.82, 2.24) is 15.0 Å². The maximum Gasteiger partial charge on any atom is 0.416 e. The monoisotopic (exact) mass is 550 g/mol. The van der Waals surface area contributed by atoms with Gasteiger partial charge in [-0.1, -0.05) is 23.7 Å². The fraction of sp³-hybridized carbons (Fsp3) is 0.333. The largest absolute Gasteiger partial charge is 0.474 e. The minimum absolute atomic E-state index is 0.0260. The van der Waals surface area contributed by atoms with E-state index in [9.17, 15) is 23.1 Å². The number of nitrogens with one attached hydrogen (secondary N) is 1. The standard InChI is InChI=1S/C24H22ClF3N6O4/c25-17-7-18-22(32-21(17)13-2-1-3-14(6-13)24(26,27)28)34(15-4-5-33(18)10-15)23(37)31-19-8-29-9-20(30-19)38-12-16(36)11-35/h1-3,6-9,15-16,35-36H,4-5,10-12H2,(H,30,31,37). The SMILES string of the molecule is O=C(Nc1cncc(OCC(O)CO)n1)N1c2nc(-c3cccc(C(F)(F)F)c3)c(Cl)cc2N2CCC1C2. The Balaban J connectivity index is 1.46. The van der Waals surface area contributed by atoms with Crippen molar-refractivity contribution in [2.75, 3.05) is 41.4 Å². The number of halogens is 4. The summed E-state index contributed by atoms with van der Waals surface area (Å²) >= 11 is 6.48. The van der Waals surface area contributed by atoms with Crippen LogP contribution in [0.5, 0.6) is 5.88 Å². The van der Waals surface area contributed by atoms with E-state index >= 15 is 0 Å². The van der Waals surface area contributed by atoms with Crippen molar-refractivity contribution in [3.63, 3.8) is 0 Å². The average Bonchev–Trinajstić information content (AvgIpc) is 3.31. The lowest BCUT2D eigenvalue weighted by Crippen LogP contribution is -2.48. The van der Waals surface area contributed by atoms with Crippen LogP contribution < -0.4 is 19.9 Å². The fourth-order valence-corrected chi connectivity index (χ4v) is 4.67. The molecule has 0 saturated carbocycles. The van der Waals surface area contributed by atoms with E-state index in [0.717, 1.165) is 12.1 Å². The predicted molar refractivity (Wildman–Crippen MR) is 132 cm³/mol. The fourth-order valence-electron chi connectivity index (χ4n) is 4.41. The van der Waals surface area contributed by atoms with Gasteiger partial charge in [-0.2, -0.15) is 18.2 Å². The molecule has 2 aliphatic rings. The summed E-state index contributed by atoms with van der Waals surface area (Å²) in [6.07, 6.45) is -2.40. The minimum Gasteiger partial charge on any atom is -0.474 e. The highest BCUT2D eigenvalue weighted by Gasteiger charge is 2.41. The predicted octanol–water partition coefficient (Wildman–Crippen LogP) is 3.57. The Morgan fingerprint density at radius 3 is 2.84 bits per heavy atom. The third kappa shape index (κ3) is 5.17. The molecule has 3 N–H and O–H groups in total. The zero-order valence-corrected chi connectivity index (χ0v) is 20.4. The average molecular weight is 551 g/mol. The van der Waals surface area contributed by atoms with E-state index in [0.29, 0.717) is 25.2 Å². The van der Waals surface area contributed by atoms with Gasteiger partial charge in [-0.3, -0.25) is 15.2 Å². The van der Waals surface area contributed by atoms with Crippen molar-refractivity contribution in [2.24, 2.45) is 0 Å². The lowest BCUT2D eigenvalue weighted by molar-refractivity contribution is -0.137. The molecule has 2 aliphatic heterocycles. The van der Waals surface area contributed by atoms with Crippen molar-refractivity contribution in [2.45, 2.75) is 24.7 Å². The Labute approximate surface area is 219 Å². The maximum atomic E-state index is 13.5. The number of carbonyl (C=O) groups excluding carboxylic acids is 1. The second-order valence-electron chi connectivity index (χ2n) is 8.82. The molecule has 2 aromatic heterocycles. The quantitative estimate of drug-likeness (QED) is 0.425. The van der Waals surface area contributed by atoms with Gasteiger partial charge in [0.1, 0.15) is 12.7 Å². The van der Waals surface area contributed by atoms with Gasteiger partial charge in [0.05, 0.1) is 47.0 Å². The van der Waals surface area contributed by atoms with Crippen LogP contribution in [0.1, 0.15) is 12.0 Å². The van der Waals surface area contributed by atoms with Gasteiger partial charge in [-0.15, -0.1) is 0 Å². The Kier molecular flexibility index (Phi) is 6.99. The van der Waals surface area contributed by atoms with E-state index in [2.05, 4.69) is 20.3 Å². The third-order valence-electron chi connectivity index (χ3n) is 6.20. The van der Waals surface area contributed by atoms with Gasteiger partial charge in [0.2, 0.25) is 5.88 Å². The number of hydrogen-bond acceptors (Lipinski definition) is 8. The van der Waals surface area contributed by atoms with Crippen LogP contribution in [0.4, 0.5) is 35.3 Å². The number of nitrogens with zero attached hydrogens (tertiary/aromatic N) is 5. The number of aliphatic hydroxyl groups is 2. The summed E-state index contributed by atoms with van der Waals surface area (Å²) in [5, 5.41) is 21.2. The van der Waals surface area contributed by atoms with Crippen LogP contribution in [-0.4, -0.2) is 69.6 Å². The first-order valence-corrected chi connectivity index (χ1v) is 12.0. The summed E-state index contributed by atoms with van der Waals surface area (Å²) in [6, 6.07) is 5.50. The Bertz CT molecular complexity index is 1360. The first kappa shape index (κ1) is 25.9. The van der Waals surface area contributed by atoms with E-state index < -0.39 is 30.5 Å². The Morgan fingerprint density at radius 1 is 1.26 bits per heavy atom. The van der Waals surface area contributed by atoms with E-state index in [1.807, 2.05) is 4.90 Å². The molecule has 1 fully saturated rings. The summed E-state index contributed by atoms with van der Waals surface area (Å²) < 4.78 is 45.2. The van der Waals surface area contributed by atoms with Crippen molar-refractivity contribution in [3.8, 4) is 17.1 Å². The van der Waals surface area contributed by atoms with Crippen molar-refractivity contribution in [1.29, 1.82) is 0 Å². The number of aromatic nitrogens is 3. The first-order valence-electron chi connectivity index (χ1n) is 11.6. The van der Waals surface area contributed by atoms with Crippen LogP contribution in [0.15, 0.2) is 42.7 Å². The molecular formula is C24H22ClF3N6O4. The number of fused-ring (bicyclic) bond motifs is 4. The summed E-state index contributed by atoms with van der Waals surface area (Å²) in [6.45, 7) is 0.479. The van der Waals surface area contributed by atoms with Gasteiger partial charge < -0.3 is 19.8 Å². The third-order valence-corrected chi connectivity index (χ3v) is 6.49. The molecular weight excluding hydrogens is 529 g/mol. The van der Waals surface area contributed by atoms with Gasteiger partial charge in [0.15, 0.2) is 11.6 Å². The van der Waals surface area contributed by atoms with Gasteiger partial charge in [-0.25, -0.2) is 9.78 Å². The van der Waals surface area contributed by atoms with Crippen LogP contribution in [0.25, 0.3) is 11.3 Å². The van der Waals surface area contributed by atoms with Crippen LogP contribution in [0.3, 0.4) is 0 Å². The zero-order valence-electron chi connectivity index (χ0n) is 19.7. The molecule has 2 atom stereocenters. The molecule has 14 heteroatoms. The number of alkyl halides is 3. The first-order chi connectivity index (χ1) is 18.1. The van der Waals surface area contributed by atoms with Crippen LogP contribution >= 0.6 is 11.6 Å². The number of anilines is 3. The molecule has 200 valence electrons. The van der Waals surface area contributed by atoms with Crippen LogP contribution in [0, 0.1) is 0 Å². The number of pyridine rings is 1. The highest BCUT2D eigenvalue weighted by atomic mass is 35.5. The number of rotatable bonds is 6. The molecule has 3 aromatic rings. The molecule has 2 bridgehead atoms. The minimum atomic E-state index is -4.54. The zero-order chi connectivity index (χ0) is 27.0. The molecule has 2 unspecified atom stereocenters. The number of aliphatic hydroxyl groups excluding tert-OH is 2. The summed E-state index contributed by atoms with van der Waals surface area (Å²) in [4.78, 5) is 29.6. The second kappa shape index (κ2) is 10.2.